The van der Waals surface area contributed by atoms with Gasteiger partial charge in [-0.2, -0.15) is 0 Å². The van der Waals surface area contributed by atoms with Gasteiger partial charge in [0, 0.05) is 44.5 Å². The van der Waals surface area contributed by atoms with Crippen LogP contribution in [0, 0.1) is 19.3 Å². The molecule has 5 rings (SSSR count). The molecular formula is C26H29FN6O2S. The number of thiocarbonyl (C=S) groups is 1. The van der Waals surface area contributed by atoms with Gasteiger partial charge in [0.2, 0.25) is 0 Å². The number of likely N-dealkylation sites (N-methyl/N-ethyl adjacent to an activating group) is 1. The van der Waals surface area contributed by atoms with Gasteiger partial charge in [0.05, 0.1) is 5.69 Å². The molecule has 0 bridgehead atoms. The van der Waals surface area contributed by atoms with E-state index >= 15 is 4.39 Å². The van der Waals surface area contributed by atoms with Crippen molar-refractivity contribution >= 4 is 40.4 Å². The Labute approximate surface area is 216 Å². The van der Waals surface area contributed by atoms with Crippen LogP contribution >= 0.6 is 12.2 Å². The van der Waals surface area contributed by atoms with Gasteiger partial charge in [-0.3, -0.25) is 14.6 Å². The van der Waals surface area contributed by atoms with Crippen LogP contribution in [0.1, 0.15) is 24.8 Å². The molecule has 188 valence electrons. The van der Waals surface area contributed by atoms with Crippen molar-refractivity contribution in [3.05, 3.63) is 53.3 Å². The summed E-state index contributed by atoms with van der Waals surface area (Å²) in [5, 5.41) is 0.291. The number of carbonyl (C=O) groups is 1. The number of aromatic nitrogens is 1. The van der Waals surface area contributed by atoms with Crippen molar-refractivity contribution < 1.29 is 13.9 Å². The lowest BCUT2D eigenvalue weighted by Gasteiger charge is -2.43. The standard InChI is InChI=1S/C26H29FN6O2S/c1-18-15-20(17-29-23(18)28-2)32-24(34)26(7-4-8-26)33(25(32)36)19-5-6-22(21(27)16-19)35-14-13-31-11-9-30(3)10-12-31/h5-6,15-17H,4,7-14H2,1,3H3. The number of piperazine rings is 1. The molecule has 0 radical (unpaired) electrons. The first-order valence-electron chi connectivity index (χ1n) is 12.2. The molecule has 10 heteroatoms. The molecule has 1 amide bonds. The van der Waals surface area contributed by atoms with E-state index in [0.29, 0.717) is 41.5 Å². The fourth-order valence-corrected chi connectivity index (χ4v) is 5.57. The van der Waals surface area contributed by atoms with Crippen LogP contribution in [0.5, 0.6) is 5.75 Å². The van der Waals surface area contributed by atoms with Crippen LogP contribution in [-0.4, -0.2) is 77.7 Å². The van der Waals surface area contributed by atoms with Crippen molar-refractivity contribution in [2.24, 2.45) is 0 Å². The largest absolute Gasteiger partial charge is 0.489 e. The SMILES string of the molecule is [C-]#[N+]c1ncc(N2C(=O)C3(CCC3)N(c3ccc(OCCN4CCN(C)CC4)c(F)c3)C2=S)cc1C. The van der Waals surface area contributed by atoms with Gasteiger partial charge >= 0.3 is 0 Å². The second-order valence-corrected chi connectivity index (χ2v) is 10.1. The number of benzene rings is 1. The molecule has 3 fully saturated rings. The van der Waals surface area contributed by atoms with Gasteiger partial charge in [-0.05, 0) is 69.2 Å². The average molecular weight is 509 g/mol. The second-order valence-electron chi connectivity index (χ2n) is 9.70. The summed E-state index contributed by atoms with van der Waals surface area (Å²) in [5.41, 5.74) is 0.901. The fraction of sp³-hybridized carbons (Fsp3) is 0.462. The van der Waals surface area contributed by atoms with Crippen LogP contribution in [0.2, 0.25) is 0 Å². The lowest BCUT2D eigenvalue weighted by Crippen LogP contribution is -2.55. The van der Waals surface area contributed by atoms with Crippen molar-refractivity contribution in [2.75, 3.05) is 56.2 Å². The highest BCUT2D eigenvalue weighted by Crippen LogP contribution is 2.48. The van der Waals surface area contributed by atoms with Crippen molar-refractivity contribution in [1.29, 1.82) is 0 Å². The summed E-state index contributed by atoms with van der Waals surface area (Å²) in [6.07, 6.45) is 3.67. The maximum Gasteiger partial charge on any atom is 0.272 e. The first-order chi connectivity index (χ1) is 17.3. The molecule has 2 saturated heterocycles. The van der Waals surface area contributed by atoms with Gasteiger partial charge in [0.1, 0.15) is 18.3 Å². The van der Waals surface area contributed by atoms with Gasteiger partial charge in [-0.15, -0.1) is 4.98 Å². The van der Waals surface area contributed by atoms with Gasteiger partial charge in [0.25, 0.3) is 11.7 Å². The molecular weight excluding hydrogens is 479 g/mol. The number of anilines is 2. The number of halogens is 1. The number of carbonyl (C=O) groups excluding carboxylic acids is 1. The topological polar surface area (TPSA) is 56.5 Å². The Morgan fingerprint density at radius 2 is 1.94 bits per heavy atom. The first-order valence-corrected chi connectivity index (χ1v) is 12.6. The van der Waals surface area contributed by atoms with E-state index in [-0.39, 0.29) is 17.5 Å². The van der Waals surface area contributed by atoms with Gasteiger partial charge in [-0.25, -0.2) is 4.39 Å². The summed E-state index contributed by atoms with van der Waals surface area (Å²) < 4.78 is 20.9. The van der Waals surface area contributed by atoms with E-state index in [2.05, 4.69) is 26.7 Å². The van der Waals surface area contributed by atoms with E-state index in [1.165, 1.54) is 17.2 Å². The molecule has 3 aliphatic rings. The van der Waals surface area contributed by atoms with Crippen molar-refractivity contribution in [2.45, 2.75) is 31.7 Å². The molecule has 8 nitrogen and oxygen atoms in total. The van der Waals surface area contributed by atoms with Crippen molar-refractivity contribution in [3.8, 4) is 5.75 Å². The molecule has 0 N–H and O–H groups in total. The monoisotopic (exact) mass is 508 g/mol. The summed E-state index contributed by atoms with van der Waals surface area (Å²) in [6.45, 7) is 14.2. The van der Waals surface area contributed by atoms with E-state index in [4.69, 9.17) is 23.5 Å². The molecule has 0 unspecified atom stereocenters. The maximum atomic E-state index is 15.1. The van der Waals surface area contributed by atoms with E-state index in [1.807, 2.05) is 0 Å². The van der Waals surface area contributed by atoms with Gasteiger partial charge in [-0.1, -0.05) is 6.57 Å². The minimum atomic E-state index is -0.820. The quantitative estimate of drug-likeness (QED) is 0.435. The summed E-state index contributed by atoms with van der Waals surface area (Å²) in [5.74, 6) is -0.133. The van der Waals surface area contributed by atoms with E-state index < -0.39 is 11.4 Å². The minimum absolute atomic E-state index is 0.136. The van der Waals surface area contributed by atoms with Gasteiger partial charge < -0.3 is 19.4 Å². The highest BCUT2D eigenvalue weighted by atomic mass is 32.1. The van der Waals surface area contributed by atoms with Crippen LogP contribution in [0.25, 0.3) is 4.85 Å². The average Bonchev–Trinajstić information content (AvgIpc) is 3.08. The Bertz CT molecular complexity index is 1240. The normalized spacial score (nSPS) is 20.1. The van der Waals surface area contributed by atoms with Gasteiger partial charge in [0.15, 0.2) is 16.7 Å². The highest BCUT2D eigenvalue weighted by molar-refractivity contribution is 7.81. The fourth-order valence-electron chi connectivity index (χ4n) is 5.10. The number of pyridine rings is 1. The van der Waals surface area contributed by atoms with Crippen LogP contribution in [0.4, 0.5) is 21.6 Å². The maximum absolute atomic E-state index is 15.1. The molecule has 1 aromatic carbocycles. The Morgan fingerprint density at radius 3 is 2.56 bits per heavy atom. The summed E-state index contributed by atoms with van der Waals surface area (Å²) >= 11 is 5.76. The summed E-state index contributed by atoms with van der Waals surface area (Å²) in [6, 6.07) is 6.54. The number of rotatable bonds is 6. The molecule has 1 aliphatic carbocycles. The number of ether oxygens (including phenoxy) is 1. The number of aryl methyl sites for hydroxylation is 1. The van der Waals surface area contributed by atoms with Crippen LogP contribution < -0.4 is 14.5 Å². The molecule has 36 heavy (non-hydrogen) atoms. The third-order valence-electron chi connectivity index (χ3n) is 7.43. The molecule has 2 aromatic rings. The predicted molar refractivity (Wildman–Crippen MR) is 140 cm³/mol. The van der Waals surface area contributed by atoms with Crippen LogP contribution in [0.3, 0.4) is 0 Å². The summed E-state index contributed by atoms with van der Waals surface area (Å²) in [7, 11) is 2.11. The smallest absolute Gasteiger partial charge is 0.272 e. The zero-order chi connectivity index (χ0) is 25.4. The van der Waals surface area contributed by atoms with E-state index in [1.54, 1.807) is 30.0 Å². The van der Waals surface area contributed by atoms with E-state index in [9.17, 15) is 4.79 Å². The molecule has 1 spiro atoms. The van der Waals surface area contributed by atoms with Crippen LogP contribution in [-0.2, 0) is 4.79 Å². The second kappa shape index (κ2) is 9.73. The minimum Gasteiger partial charge on any atom is -0.489 e. The highest BCUT2D eigenvalue weighted by Gasteiger charge is 2.59. The molecule has 1 saturated carbocycles. The number of hydrogen-bond donors (Lipinski definition) is 0. The molecule has 3 heterocycles. The number of hydrogen-bond acceptors (Lipinski definition) is 6. The van der Waals surface area contributed by atoms with Crippen molar-refractivity contribution in [3.63, 3.8) is 0 Å². The number of nitrogens with zero attached hydrogens (tertiary/aromatic N) is 6. The third kappa shape index (κ3) is 4.21. The summed E-state index contributed by atoms with van der Waals surface area (Å²) in [4.78, 5) is 29.1. The zero-order valence-corrected chi connectivity index (χ0v) is 21.4. The zero-order valence-electron chi connectivity index (χ0n) is 20.5. The van der Waals surface area contributed by atoms with Crippen molar-refractivity contribution in [1.82, 2.24) is 14.8 Å². The Kier molecular flexibility index (Phi) is 6.64. The van der Waals surface area contributed by atoms with Crippen LogP contribution in [0.15, 0.2) is 30.5 Å². The number of amides is 1. The Morgan fingerprint density at radius 1 is 1.19 bits per heavy atom. The lowest BCUT2D eigenvalue weighted by atomic mass is 9.75. The molecule has 2 aliphatic heterocycles. The Balaban J connectivity index is 1.34. The Hall–Kier alpha value is -3.13. The molecule has 0 atom stereocenters. The predicted octanol–water partition coefficient (Wildman–Crippen LogP) is 3.77. The first kappa shape index (κ1) is 24.6. The lowest BCUT2D eigenvalue weighted by molar-refractivity contribution is -0.123. The third-order valence-corrected chi connectivity index (χ3v) is 7.79. The van der Waals surface area contributed by atoms with E-state index in [0.717, 1.165) is 39.1 Å². The molecule has 1 aromatic heterocycles.